The molecule has 0 bridgehead atoms. The van der Waals surface area contributed by atoms with E-state index in [9.17, 15) is 4.79 Å². The molecule has 2 aromatic heterocycles. The zero-order valence-corrected chi connectivity index (χ0v) is 13.5. The molecule has 2 atom stereocenters. The molecule has 0 aromatic carbocycles. The molecule has 1 amide bonds. The normalized spacial score (nSPS) is 21.8. The number of rotatable bonds is 3. The van der Waals surface area contributed by atoms with Crippen LogP contribution in [0.25, 0.3) is 10.7 Å². The minimum absolute atomic E-state index is 0.135. The average molecular weight is 317 g/mol. The van der Waals surface area contributed by atoms with Crippen molar-refractivity contribution in [3.63, 3.8) is 0 Å². The number of aromatic nitrogens is 3. The van der Waals surface area contributed by atoms with Gasteiger partial charge in [0.1, 0.15) is 10.7 Å². The van der Waals surface area contributed by atoms with E-state index in [-0.39, 0.29) is 5.91 Å². The minimum atomic E-state index is 0.135. The summed E-state index contributed by atoms with van der Waals surface area (Å²) in [6, 6.07) is 0.663. The maximum Gasteiger partial charge on any atom is 0.228 e. The monoisotopic (exact) mass is 317 g/mol. The number of piperazine rings is 1. The highest BCUT2D eigenvalue weighted by atomic mass is 32.1. The molecule has 22 heavy (non-hydrogen) atoms. The molecule has 3 rings (SSSR count). The van der Waals surface area contributed by atoms with Gasteiger partial charge in [-0.25, -0.2) is 4.98 Å². The molecular formula is C15H19N5OS. The van der Waals surface area contributed by atoms with Crippen LogP contribution in [0.5, 0.6) is 0 Å². The van der Waals surface area contributed by atoms with Crippen molar-refractivity contribution < 1.29 is 4.79 Å². The first-order valence-corrected chi connectivity index (χ1v) is 8.24. The predicted octanol–water partition coefficient (Wildman–Crippen LogP) is 1.35. The van der Waals surface area contributed by atoms with Gasteiger partial charge >= 0.3 is 0 Å². The lowest BCUT2D eigenvalue weighted by Gasteiger charge is -2.36. The van der Waals surface area contributed by atoms with Crippen molar-refractivity contribution >= 4 is 17.2 Å². The Balaban J connectivity index is 1.66. The number of thiazole rings is 1. The second-order valence-corrected chi connectivity index (χ2v) is 6.54. The van der Waals surface area contributed by atoms with Crippen molar-refractivity contribution in [3.8, 4) is 10.7 Å². The second kappa shape index (κ2) is 6.50. The molecule has 1 fully saturated rings. The molecule has 2 aromatic rings. The third kappa shape index (κ3) is 3.48. The minimum Gasteiger partial charge on any atom is -0.339 e. The molecule has 6 nitrogen and oxygen atoms in total. The standard InChI is InChI=1S/C15H19N5OS/c1-10-7-20(8-11(2)18-10)14(21)5-12-9-22-15(19-12)13-6-16-3-4-17-13/h3-4,6,9-11,18H,5,7-8H2,1-2H3/t10-,11+. The van der Waals surface area contributed by atoms with E-state index in [1.165, 1.54) is 11.3 Å². The van der Waals surface area contributed by atoms with Gasteiger partial charge in [-0.2, -0.15) is 0 Å². The van der Waals surface area contributed by atoms with Crippen LogP contribution in [0.4, 0.5) is 0 Å². The van der Waals surface area contributed by atoms with E-state index in [1.807, 2.05) is 10.3 Å². The molecule has 0 saturated carbocycles. The molecule has 0 spiro atoms. The molecule has 1 aliphatic heterocycles. The molecule has 1 saturated heterocycles. The van der Waals surface area contributed by atoms with Crippen molar-refractivity contribution in [3.05, 3.63) is 29.7 Å². The summed E-state index contributed by atoms with van der Waals surface area (Å²) < 4.78 is 0. The predicted molar refractivity (Wildman–Crippen MR) is 85.5 cm³/mol. The Morgan fingerprint density at radius 3 is 2.82 bits per heavy atom. The molecule has 7 heteroatoms. The molecule has 3 heterocycles. The maximum absolute atomic E-state index is 12.4. The highest BCUT2D eigenvalue weighted by Crippen LogP contribution is 2.21. The van der Waals surface area contributed by atoms with E-state index < -0.39 is 0 Å². The van der Waals surface area contributed by atoms with Gasteiger partial charge in [-0.15, -0.1) is 11.3 Å². The Kier molecular flexibility index (Phi) is 4.44. The summed E-state index contributed by atoms with van der Waals surface area (Å²) >= 11 is 1.50. The molecular weight excluding hydrogens is 298 g/mol. The van der Waals surface area contributed by atoms with Gasteiger partial charge in [0.2, 0.25) is 5.91 Å². The SMILES string of the molecule is C[C@@H]1CN(C(=O)Cc2csc(-c3cnccn3)n2)C[C@H](C)N1. The number of hydrogen-bond acceptors (Lipinski definition) is 6. The average Bonchev–Trinajstić information content (AvgIpc) is 2.95. The van der Waals surface area contributed by atoms with Gasteiger partial charge in [0.05, 0.1) is 18.3 Å². The number of carbonyl (C=O) groups excluding carboxylic acids is 1. The summed E-state index contributed by atoms with van der Waals surface area (Å²) in [7, 11) is 0. The number of carbonyl (C=O) groups is 1. The zero-order valence-electron chi connectivity index (χ0n) is 12.7. The van der Waals surface area contributed by atoms with Crippen LogP contribution in [0.15, 0.2) is 24.0 Å². The van der Waals surface area contributed by atoms with Crippen molar-refractivity contribution in [2.24, 2.45) is 0 Å². The van der Waals surface area contributed by atoms with E-state index in [0.29, 0.717) is 18.5 Å². The van der Waals surface area contributed by atoms with Crippen LogP contribution in [-0.4, -0.2) is 50.9 Å². The molecule has 0 unspecified atom stereocenters. The Hall–Kier alpha value is -1.86. The van der Waals surface area contributed by atoms with Crippen LogP contribution in [0.3, 0.4) is 0 Å². The number of hydrogen-bond donors (Lipinski definition) is 1. The number of amides is 1. The Morgan fingerprint density at radius 1 is 1.36 bits per heavy atom. The lowest BCUT2D eigenvalue weighted by atomic mass is 10.1. The summed E-state index contributed by atoms with van der Waals surface area (Å²) in [4.78, 5) is 27.1. The lowest BCUT2D eigenvalue weighted by Crippen LogP contribution is -2.56. The van der Waals surface area contributed by atoms with E-state index >= 15 is 0 Å². The van der Waals surface area contributed by atoms with E-state index in [0.717, 1.165) is 29.5 Å². The van der Waals surface area contributed by atoms with Crippen LogP contribution in [0, 0.1) is 0 Å². The first-order chi connectivity index (χ1) is 10.6. The Morgan fingerprint density at radius 2 is 2.14 bits per heavy atom. The van der Waals surface area contributed by atoms with Gasteiger partial charge in [-0.3, -0.25) is 14.8 Å². The smallest absolute Gasteiger partial charge is 0.228 e. The van der Waals surface area contributed by atoms with Gasteiger partial charge in [-0.05, 0) is 13.8 Å². The summed E-state index contributed by atoms with van der Waals surface area (Å²) in [5.41, 5.74) is 1.55. The van der Waals surface area contributed by atoms with Gasteiger partial charge in [0.25, 0.3) is 0 Å². The summed E-state index contributed by atoms with van der Waals surface area (Å²) in [5, 5.41) is 6.16. The van der Waals surface area contributed by atoms with Crippen LogP contribution in [-0.2, 0) is 11.2 Å². The largest absolute Gasteiger partial charge is 0.339 e. The van der Waals surface area contributed by atoms with Gasteiger partial charge < -0.3 is 10.2 Å². The molecule has 0 aliphatic carbocycles. The third-order valence-corrected chi connectivity index (χ3v) is 4.49. The molecule has 0 radical (unpaired) electrons. The van der Waals surface area contributed by atoms with Gasteiger partial charge in [0, 0.05) is 42.9 Å². The number of nitrogens with zero attached hydrogens (tertiary/aromatic N) is 4. The fourth-order valence-electron chi connectivity index (χ4n) is 2.71. The zero-order chi connectivity index (χ0) is 15.5. The fourth-order valence-corrected chi connectivity index (χ4v) is 3.49. The highest BCUT2D eigenvalue weighted by molar-refractivity contribution is 7.13. The quantitative estimate of drug-likeness (QED) is 0.925. The van der Waals surface area contributed by atoms with E-state index in [1.54, 1.807) is 18.6 Å². The van der Waals surface area contributed by atoms with Crippen LogP contribution < -0.4 is 5.32 Å². The topological polar surface area (TPSA) is 71.0 Å². The lowest BCUT2D eigenvalue weighted by molar-refractivity contribution is -0.132. The summed E-state index contributed by atoms with van der Waals surface area (Å²) in [6.07, 6.45) is 5.31. The van der Waals surface area contributed by atoms with Crippen LogP contribution in [0.2, 0.25) is 0 Å². The van der Waals surface area contributed by atoms with Crippen molar-refractivity contribution in [1.82, 2.24) is 25.2 Å². The third-order valence-electron chi connectivity index (χ3n) is 3.58. The first-order valence-electron chi connectivity index (χ1n) is 7.36. The molecule has 1 aliphatic rings. The molecule has 116 valence electrons. The Bertz CT molecular complexity index is 634. The maximum atomic E-state index is 12.4. The molecule has 1 N–H and O–H groups in total. The van der Waals surface area contributed by atoms with Crippen molar-refractivity contribution in [1.29, 1.82) is 0 Å². The summed E-state index contributed by atoms with van der Waals surface area (Å²) in [5.74, 6) is 0.135. The van der Waals surface area contributed by atoms with E-state index in [4.69, 9.17) is 0 Å². The van der Waals surface area contributed by atoms with Crippen molar-refractivity contribution in [2.75, 3.05) is 13.1 Å². The van der Waals surface area contributed by atoms with Gasteiger partial charge in [0.15, 0.2) is 0 Å². The summed E-state index contributed by atoms with van der Waals surface area (Å²) in [6.45, 7) is 5.71. The number of nitrogens with one attached hydrogen (secondary N) is 1. The van der Waals surface area contributed by atoms with Gasteiger partial charge in [-0.1, -0.05) is 0 Å². The first kappa shape index (κ1) is 15.1. The van der Waals surface area contributed by atoms with Crippen molar-refractivity contribution in [2.45, 2.75) is 32.4 Å². The van der Waals surface area contributed by atoms with Crippen LogP contribution in [0.1, 0.15) is 19.5 Å². The van der Waals surface area contributed by atoms with E-state index in [2.05, 4.69) is 34.1 Å². The Labute approximate surface area is 133 Å². The second-order valence-electron chi connectivity index (χ2n) is 5.68. The van der Waals surface area contributed by atoms with Crippen LogP contribution >= 0.6 is 11.3 Å². The highest BCUT2D eigenvalue weighted by Gasteiger charge is 2.25. The fraction of sp³-hybridized carbons (Fsp3) is 0.467.